The third kappa shape index (κ3) is 3.82. The molecule has 1 heterocycles. The summed E-state index contributed by atoms with van der Waals surface area (Å²) in [5, 5.41) is 3.28. The summed E-state index contributed by atoms with van der Waals surface area (Å²) in [7, 11) is -0.167. The lowest BCUT2D eigenvalue weighted by atomic mass is 9.83. The molecule has 0 aliphatic carbocycles. The molecule has 0 spiro atoms. The van der Waals surface area contributed by atoms with Crippen molar-refractivity contribution in [1.82, 2.24) is 0 Å². The lowest BCUT2D eigenvalue weighted by Gasteiger charge is -2.26. The quantitative estimate of drug-likeness (QED) is 0.516. The first-order chi connectivity index (χ1) is 8.24. The second-order valence-electron chi connectivity index (χ2n) is 8.82. The molecule has 108 valence electrons. The van der Waals surface area contributed by atoms with Crippen LogP contribution in [0, 0.1) is 0 Å². The minimum absolute atomic E-state index is 0.167. The average molecular weight is 279 g/mol. The van der Waals surface area contributed by atoms with Crippen LogP contribution in [0.5, 0.6) is 0 Å². The Bertz CT molecular complexity index is 427. The van der Waals surface area contributed by atoms with Crippen molar-refractivity contribution in [2.45, 2.75) is 78.6 Å². The van der Waals surface area contributed by atoms with Crippen LogP contribution in [0.4, 0.5) is 0 Å². The van der Waals surface area contributed by atoms with Crippen molar-refractivity contribution in [2.75, 3.05) is 0 Å². The maximum atomic E-state index is 2.49. The molecule has 0 amide bonds. The molecule has 1 heteroatoms. The first-order valence-electron chi connectivity index (χ1n) is 7.30. The van der Waals surface area contributed by atoms with Gasteiger partial charge in [-0.05, 0) is 23.1 Å². The summed E-state index contributed by atoms with van der Waals surface area (Å²) >= 11 is 0. The summed E-state index contributed by atoms with van der Waals surface area (Å²) in [4.78, 5) is 0. The van der Waals surface area contributed by atoms with E-state index in [2.05, 4.69) is 81.1 Å². The van der Waals surface area contributed by atoms with E-state index in [1.54, 1.807) is 10.6 Å². The Labute approximate surface area is 121 Å². The summed E-state index contributed by atoms with van der Waals surface area (Å²) in [5.74, 6) is 0. The van der Waals surface area contributed by atoms with Crippen molar-refractivity contribution in [3.05, 3.63) is 28.3 Å². The van der Waals surface area contributed by atoms with Crippen LogP contribution in [0.1, 0.15) is 78.5 Å². The molecule has 0 nitrogen and oxygen atoms in total. The maximum Gasteiger partial charge on any atom is 0.131 e. The number of hydrogen-bond donors (Lipinski definition) is 0. The van der Waals surface area contributed by atoms with Gasteiger partial charge < -0.3 is 0 Å². The van der Waals surface area contributed by atoms with E-state index in [0.717, 1.165) is 0 Å². The van der Waals surface area contributed by atoms with Crippen LogP contribution in [-0.4, -0.2) is 0 Å². The normalized spacial score (nSPS) is 13.8. The molecule has 1 aromatic heterocycles. The van der Waals surface area contributed by atoms with Crippen molar-refractivity contribution in [2.24, 2.45) is 6.66 Å². The van der Waals surface area contributed by atoms with Crippen molar-refractivity contribution in [3.63, 3.8) is 0 Å². The highest BCUT2D eigenvalue weighted by Gasteiger charge is 2.34. The SMILES string of the molecule is C[p+]1c(C(C)(C)C)cc(C(C)(C)C)cc1C(C)(C)C. The lowest BCUT2D eigenvalue weighted by molar-refractivity contribution is 0.564. The minimum Gasteiger partial charge on any atom is -0.0561 e. The molecule has 0 aliphatic heterocycles. The van der Waals surface area contributed by atoms with Crippen LogP contribution < -0.4 is 0 Å². The third-order valence-electron chi connectivity index (χ3n) is 3.71. The van der Waals surface area contributed by atoms with Crippen LogP contribution in [0.3, 0.4) is 0 Å². The van der Waals surface area contributed by atoms with Crippen LogP contribution in [-0.2, 0) is 22.9 Å². The Morgan fingerprint density at radius 2 is 0.947 bits per heavy atom. The molecule has 0 saturated heterocycles. The summed E-state index contributed by atoms with van der Waals surface area (Å²) < 4.78 is 0. The van der Waals surface area contributed by atoms with Crippen LogP contribution in [0.15, 0.2) is 12.1 Å². The van der Waals surface area contributed by atoms with Crippen LogP contribution >= 0.6 is 7.53 Å². The van der Waals surface area contributed by atoms with Crippen molar-refractivity contribution >= 4 is 7.53 Å². The third-order valence-corrected chi connectivity index (χ3v) is 6.76. The van der Waals surface area contributed by atoms with Crippen molar-refractivity contribution < 1.29 is 0 Å². The predicted octanol–water partition coefficient (Wildman–Crippen LogP) is 6.38. The van der Waals surface area contributed by atoms with Gasteiger partial charge in [-0.1, -0.05) is 62.3 Å². The highest BCUT2D eigenvalue weighted by molar-refractivity contribution is 7.49. The molecule has 0 unspecified atom stereocenters. The maximum absolute atomic E-state index is 2.49. The Hall–Kier alpha value is -0.350. The Kier molecular flexibility index (Phi) is 4.29. The van der Waals surface area contributed by atoms with E-state index in [4.69, 9.17) is 0 Å². The summed E-state index contributed by atoms with van der Waals surface area (Å²) in [6, 6.07) is 4.97. The fourth-order valence-corrected chi connectivity index (χ4v) is 5.47. The molecule has 0 bridgehead atoms. The standard InChI is InChI=1S/C18H32P/c1-16(2,3)13-11-14(17(4,5)6)19(10)15(12-13)18(7,8)9/h11-12H,1-10H3/q+1. The molecule has 0 saturated carbocycles. The Morgan fingerprint density at radius 1 is 0.632 bits per heavy atom. The molecule has 0 fully saturated rings. The number of hydrogen-bond acceptors (Lipinski definition) is 0. The highest BCUT2D eigenvalue weighted by Crippen LogP contribution is 2.48. The highest BCUT2D eigenvalue weighted by atomic mass is 31.1. The first kappa shape index (κ1) is 16.7. The molecule has 1 aromatic rings. The van der Waals surface area contributed by atoms with Gasteiger partial charge in [-0.25, -0.2) is 0 Å². The van der Waals surface area contributed by atoms with E-state index >= 15 is 0 Å². The van der Waals surface area contributed by atoms with Gasteiger partial charge in [-0.2, -0.15) is 0 Å². The topological polar surface area (TPSA) is 0 Å². The molecule has 0 atom stereocenters. The zero-order valence-corrected chi connectivity index (χ0v) is 15.5. The van der Waals surface area contributed by atoms with Crippen LogP contribution in [0.25, 0.3) is 0 Å². The van der Waals surface area contributed by atoms with Gasteiger partial charge >= 0.3 is 0 Å². The first-order valence-corrected chi connectivity index (χ1v) is 9.09. The van der Waals surface area contributed by atoms with Gasteiger partial charge in [0.2, 0.25) is 0 Å². The van der Waals surface area contributed by atoms with E-state index < -0.39 is 0 Å². The second kappa shape index (κ2) is 4.88. The second-order valence-corrected chi connectivity index (χ2v) is 10.9. The Morgan fingerprint density at radius 3 is 1.16 bits per heavy atom. The fraction of sp³-hybridized carbons (Fsp3) is 0.722. The molecule has 0 aromatic carbocycles. The van der Waals surface area contributed by atoms with E-state index in [0.29, 0.717) is 0 Å². The van der Waals surface area contributed by atoms with E-state index in [9.17, 15) is 0 Å². The summed E-state index contributed by atoms with van der Waals surface area (Å²) in [6.45, 7) is 23.5. The smallest absolute Gasteiger partial charge is 0.0561 e. The van der Waals surface area contributed by atoms with Gasteiger partial charge in [0.15, 0.2) is 0 Å². The molecule has 0 aliphatic rings. The van der Waals surface area contributed by atoms with Gasteiger partial charge in [0.25, 0.3) is 0 Å². The largest absolute Gasteiger partial charge is 0.131 e. The van der Waals surface area contributed by atoms with E-state index in [1.807, 2.05) is 0 Å². The van der Waals surface area contributed by atoms with E-state index in [1.165, 1.54) is 5.56 Å². The van der Waals surface area contributed by atoms with Gasteiger partial charge in [-0.15, -0.1) is 0 Å². The summed E-state index contributed by atoms with van der Waals surface area (Å²) in [6.07, 6.45) is 0. The predicted molar refractivity (Wildman–Crippen MR) is 90.6 cm³/mol. The summed E-state index contributed by atoms with van der Waals surface area (Å²) in [5.41, 5.74) is 2.25. The van der Waals surface area contributed by atoms with Crippen molar-refractivity contribution in [1.29, 1.82) is 0 Å². The average Bonchev–Trinajstić information content (AvgIpc) is 2.11. The zero-order valence-electron chi connectivity index (χ0n) is 14.6. The van der Waals surface area contributed by atoms with Gasteiger partial charge in [0.05, 0.1) is 0 Å². The number of rotatable bonds is 0. The monoisotopic (exact) mass is 279 g/mol. The minimum atomic E-state index is -0.167. The molecular formula is C18H32P+. The lowest BCUT2D eigenvalue weighted by Crippen LogP contribution is -2.19. The van der Waals surface area contributed by atoms with Gasteiger partial charge in [0.1, 0.15) is 24.8 Å². The van der Waals surface area contributed by atoms with Crippen LogP contribution in [0.2, 0.25) is 0 Å². The fourth-order valence-electron chi connectivity index (χ4n) is 2.53. The zero-order chi connectivity index (χ0) is 15.2. The molecule has 0 radical (unpaired) electrons. The molecule has 0 N–H and O–H groups in total. The molecule has 19 heavy (non-hydrogen) atoms. The van der Waals surface area contributed by atoms with Gasteiger partial charge in [-0.3, -0.25) is 0 Å². The molecule has 1 rings (SSSR count). The van der Waals surface area contributed by atoms with Crippen molar-refractivity contribution in [3.8, 4) is 0 Å². The Balaban J connectivity index is 3.68. The van der Waals surface area contributed by atoms with E-state index in [-0.39, 0.29) is 23.8 Å². The molecular weight excluding hydrogens is 247 g/mol. The van der Waals surface area contributed by atoms with Gasteiger partial charge in [0, 0.05) is 10.8 Å².